The number of nitrogens with one attached hydrogen (secondary N) is 1. The smallest absolute Gasteiger partial charge is 0.195 e. The number of hydrogen-bond acceptors (Lipinski definition) is 5. The average Bonchev–Trinajstić information content (AvgIpc) is 2.53. The summed E-state index contributed by atoms with van der Waals surface area (Å²) in [6, 6.07) is 14.1. The molecule has 0 saturated carbocycles. The Kier molecular flexibility index (Phi) is 3.80. The summed E-state index contributed by atoms with van der Waals surface area (Å²) < 4.78 is 5.85. The molecule has 0 bridgehead atoms. The number of aliphatic hydroxyl groups is 1. The number of benzene rings is 2. The molecule has 3 aromatic rings. The molecule has 22 heavy (non-hydrogen) atoms. The Hall–Kier alpha value is -2.79. The van der Waals surface area contributed by atoms with E-state index in [0.717, 1.165) is 11.3 Å². The number of nitrogen functional groups attached to an aromatic ring is 1. The fourth-order valence-corrected chi connectivity index (χ4v) is 2.41. The number of anilines is 2. The van der Waals surface area contributed by atoms with E-state index in [1.165, 1.54) is 6.07 Å². The lowest BCUT2D eigenvalue weighted by Gasteiger charge is -2.11. The van der Waals surface area contributed by atoms with Crippen molar-refractivity contribution in [2.24, 2.45) is 0 Å². The van der Waals surface area contributed by atoms with Crippen molar-refractivity contribution in [3.05, 3.63) is 58.8 Å². The van der Waals surface area contributed by atoms with Gasteiger partial charge in [-0.25, -0.2) is 0 Å². The molecule has 0 aliphatic heterocycles. The van der Waals surface area contributed by atoms with Crippen molar-refractivity contribution in [3.8, 4) is 11.3 Å². The summed E-state index contributed by atoms with van der Waals surface area (Å²) in [7, 11) is 0. The van der Waals surface area contributed by atoms with Gasteiger partial charge in [-0.2, -0.15) is 0 Å². The molecule has 112 valence electrons. The predicted octanol–water partition coefficient (Wildman–Crippen LogP) is 2.45. The van der Waals surface area contributed by atoms with Gasteiger partial charge in [0.05, 0.1) is 12.0 Å². The minimum Gasteiger partial charge on any atom is -0.456 e. The highest BCUT2D eigenvalue weighted by Crippen LogP contribution is 2.29. The van der Waals surface area contributed by atoms with Gasteiger partial charge in [0.25, 0.3) is 0 Å². The highest BCUT2D eigenvalue weighted by molar-refractivity contribution is 5.90. The first kappa shape index (κ1) is 14.2. The zero-order valence-electron chi connectivity index (χ0n) is 11.9. The lowest BCUT2D eigenvalue weighted by atomic mass is 10.1. The molecular weight excluding hydrogens is 280 g/mol. The zero-order chi connectivity index (χ0) is 15.5. The second-order valence-corrected chi connectivity index (χ2v) is 4.89. The molecular formula is C17H16N2O3. The molecule has 0 radical (unpaired) electrons. The molecule has 5 nitrogen and oxygen atoms in total. The van der Waals surface area contributed by atoms with Crippen LogP contribution in [0.15, 0.2) is 57.7 Å². The summed E-state index contributed by atoms with van der Waals surface area (Å²) in [5.74, 6) is 0.462. The maximum absolute atomic E-state index is 12.3. The molecule has 0 atom stereocenters. The molecule has 0 aliphatic carbocycles. The van der Waals surface area contributed by atoms with Gasteiger partial charge in [-0.15, -0.1) is 0 Å². The molecule has 4 N–H and O–H groups in total. The van der Waals surface area contributed by atoms with Gasteiger partial charge in [-0.05, 0) is 24.3 Å². The Morgan fingerprint density at radius 1 is 1.14 bits per heavy atom. The maximum Gasteiger partial charge on any atom is 0.195 e. The van der Waals surface area contributed by atoms with Crippen LogP contribution in [0, 0.1) is 0 Å². The molecule has 0 fully saturated rings. The molecule has 0 saturated heterocycles. The molecule has 0 amide bonds. The van der Waals surface area contributed by atoms with Gasteiger partial charge in [-0.1, -0.05) is 18.2 Å². The van der Waals surface area contributed by atoms with Gasteiger partial charge in [0.1, 0.15) is 11.3 Å². The third-order valence-corrected chi connectivity index (χ3v) is 3.41. The fourth-order valence-electron chi connectivity index (χ4n) is 2.41. The standard InChI is InChI=1S/C17H16N2O3/c18-12-5-3-7-15-17(12)14(21)10-16(22-15)11-4-1-2-6-13(11)19-8-9-20/h1-7,10,19-20H,8-9,18H2. The van der Waals surface area contributed by atoms with Gasteiger partial charge in [0.2, 0.25) is 0 Å². The van der Waals surface area contributed by atoms with Crippen LogP contribution in [0.5, 0.6) is 0 Å². The molecule has 0 spiro atoms. The second kappa shape index (κ2) is 5.91. The molecule has 3 rings (SSSR count). The van der Waals surface area contributed by atoms with E-state index in [0.29, 0.717) is 29.0 Å². The highest BCUT2D eigenvalue weighted by Gasteiger charge is 2.11. The minimum absolute atomic E-state index is 0.0204. The van der Waals surface area contributed by atoms with E-state index in [-0.39, 0.29) is 12.0 Å². The van der Waals surface area contributed by atoms with Crippen molar-refractivity contribution in [2.75, 3.05) is 24.2 Å². The van der Waals surface area contributed by atoms with Crippen molar-refractivity contribution in [2.45, 2.75) is 0 Å². The summed E-state index contributed by atoms with van der Waals surface area (Å²) in [4.78, 5) is 12.3. The Labute approximate surface area is 127 Å². The monoisotopic (exact) mass is 296 g/mol. The first-order valence-electron chi connectivity index (χ1n) is 6.97. The van der Waals surface area contributed by atoms with Crippen molar-refractivity contribution in [1.29, 1.82) is 0 Å². The summed E-state index contributed by atoms with van der Waals surface area (Å²) in [5, 5.41) is 12.5. The Bertz CT molecular complexity index is 871. The van der Waals surface area contributed by atoms with Crippen LogP contribution in [0.25, 0.3) is 22.3 Å². The summed E-state index contributed by atoms with van der Waals surface area (Å²) in [6.07, 6.45) is 0. The first-order chi connectivity index (χ1) is 10.7. The van der Waals surface area contributed by atoms with Gasteiger partial charge in [-0.3, -0.25) is 4.79 Å². The van der Waals surface area contributed by atoms with E-state index in [1.807, 2.05) is 24.3 Å². The van der Waals surface area contributed by atoms with E-state index < -0.39 is 0 Å². The van der Waals surface area contributed by atoms with Crippen LogP contribution in [0.1, 0.15) is 0 Å². The van der Waals surface area contributed by atoms with E-state index in [2.05, 4.69) is 5.32 Å². The molecule has 5 heteroatoms. The van der Waals surface area contributed by atoms with Crippen LogP contribution >= 0.6 is 0 Å². The van der Waals surface area contributed by atoms with Crippen LogP contribution in [-0.2, 0) is 0 Å². The zero-order valence-corrected chi connectivity index (χ0v) is 11.9. The number of hydrogen-bond donors (Lipinski definition) is 3. The normalized spacial score (nSPS) is 10.8. The predicted molar refractivity (Wildman–Crippen MR) is 87.9 cm³/mol. The molecule has 0 unspecified atom stereocenters. The van der Waals surface area contributed by atoms with Crippen LogP contribution in [0.4, 0.5) is 11.4 Å². The first-order valence-corrected chi connectivity index (χ1v) is 6.97. The maximum atomic E-state index is 12.3. The SMILES string of the molecule is Nc1cccc2oc(-c3ccccc3NCCO)cc(=O)c12. The highest BCUT2D eigenvalue weighted by atomic mass is 16.3. The number of aliphatic hydroxyl groups excluding tert-OH is 1. The number of fused-ring (bicyclic) bond motifs is 1. The molecule has 1 aromatic heterocycles. The summed E-state index contributed by atoms with van der Waals surface area (Å²) in [6.45, 7) is 0.439. The molecule has 0 aliphatic rings. The fraction of sp³-hybridized carbons (Fsp3) is 0.118. The van der Waals surface area contributed by atoms with Gasteiger partial charge >= 0.3 is 0 Å². The van der Waals surface area contributed by atoms with Crippen molar-refractivity contribution >= 4 is 22.3 Å². The van der Waals surface area contributed by atoms with Crippen LogP contribution in [-0.4, -0.2) is 18.3 Å². The van der Waals surface area contributed by atoms with Gasteiger partial charge in [0, 0.05) is 29.5 Å². The van der Waals surface area contributed by atoms with Crippen molar-refractivity contribution in [3.63, 3.8) is 0 Å². The lowest BCUT2D eigenvalue weighted by molar-refractivity contribution is 0.311. The van der Waals surface area contributed by atoms with Crippen LogP contribution < -0.4 is 16.5 Å². The summed E-state index contributed by atoms with van der Waals surface area (Å²) >= 11 is 0. The number of para-hydroxylation sites is 1. The van der Waals surface area contributed by atoms with Crippen LogP contribution in [0.3, 0.4) is 0 Å². The quantitative estimate of drug-likeness (QED) is 0.644. The van der Waals surface area contributed by atoms with Crippen molar-refractivity contribution in [1.82, 2.24) is 0 Å². The Morgan fingerprint density at radius 3 is 2.77 bits per heavy atom. The van der Waals surface area contributed by atoms with E-state index in [4.69, 9.17) is 15.3 Å². The minimum atomic E-state index is -0.175. The largest absolute Gasteiger partial charge is 0.456 e. The van der Waals surface area contributed by atoms with Crippen molar-refractivity contribution < 1.29 is 9.52 Å². The van der Waals surface area contributed by atoms with E-state index in [9.17, 15) is 4.79 Å². The number of rotatable bonds is 4. The van der Waals surface area contributed by atoms with E-state index >= 15 is 0 Å². The Morgan fingerprint density at radius 2 is 1.95 bits per heavy atom. The summed E-state index contributed by atoms with van der Waals surface area (Å²) in [5.41, 5.74) is 8.09. The topological polar surface area (TPSA) is 88.5 Å². The third kappa shape index (κ3) is 2.54. The average molecular weight is 296 g/mol. The lowest BCUT2D eigenvalue weighted by Crippen LogP contribution is -2.07. The molecule has 2 aromatic carbocycles. The Balaban J connectivity index is 2.17. The van der Waals surface area contributed by atoms with E-state index in [1.54, 1.807) is 18.2 Å². The number of nitrogens with two attached hydrogens (primary N) is 1. The second-order valence-electron chi connectivity index (χ2n) is 4.89. The van der Waals surface area contributed by atoms with Gasteiger partial charge in [0.15, 0.2) is 5.43 Å². The third-order valence-electron chi connectivity index (χ3n) is 3.41. The van der Waals surface area contributed by atoms with Crippen LogP contribution in [0.2, 0.25) is 0 Å². The van der Waals surface area contributed by atoms with Gasteiger partial charge < -0.3 is 20.6 Å². The molecule has 1 heterocycles.